The fourth-order valence-corrected chi connectivity index (χ4v) is 4.87. The van der Waals surface area contributed by atoms with Gasteiger partial charge in [-0.05, 0) is 42.2 Å². The second kappa shape index (κ2) is 8.15. The molecule has 0 aromatic carbocycles. The lowest BCUT2D eigenvalue weighted by molar-refractivity contribution is 0.0832. The number of amides is 1. The molecule has 2 atom stereocenters. The number of pyridine rings is 1. The number of fused-ring (bicyclic) bond motifs is 1. The van der Waals surface area contributed by atoms with Crippen molar-refractivity contribution < 1.29 is 4.79 Å². The molecule has 0 radical (unpaired) electrons. The van der Waals surface area contributed by atoms with Gasteiger partial charge in [-0.2, -0.15) is 0 Å². The fraction of sp³-hybridized carbons (Fsp3) is 0.600. The molecule has 0 saturated heterocycles. The number of hydrogen-bond donors (Lipinski definition) is 1. The lowest BCUT2D eigenvalue weighted by Crippen LogP contribution is -2.48. The monoisotopic (exact) mass is 452 g/mol. The van der Waals surface area contributed by atoms with E-state index in [0.29, 0.717) is 12.2 Å². The van der Waals surface area contributed by atoms with Crippen molar-refractivity contribution in [3.05, 3.63) is 46.5 Å². The first-order chi connectivity index (χ1) is 15.4. The number of aromatic nitrogens is 5. The van der Waals surface area contributed by atoms with Crippen LogP contribution in [0.15, 0.2) is 29.5 Å². The smallest absolute Gasteiger partial charge is 0.330 e. The summed E-state index contributed by atoms with van der Waals surface area (Å²) < 4.78 is 5.25. The van der Waals surface area contributed by atoms with Crippen molar-refractivity contribution in [3.63, 3.8) is 0 Å². The van der Waals surface area contributed by atoms with Crippen molar-refractivity contribution in [3.8, 4) is 0 Å². The number of carbonyl (C=O) groups excluding carboxylic acids is 1. The fourth-order valence-electron chi connectivity index (χ4n) is 4.87. The molecule has 0 aliphatic heterocycles. The zero-order chi connectivity index (χ0) is 24.1. The Kier molecular flexibility index (Phi) is 5.75. The Bertz CT molecular complexity index is 1240. The quantitative estimate of drug-likeness (QED) is 0.655. The van der Waals surface area contributed by atoms with Crippen LogP contribution in [0.3, 0.4) is 0 Å². The third-order valence-corrected chi connectivity index (χ3v) is 6.90. The van der Waals surface area contributed by atoms with Crippen molar-refractivity contribution in [2.75, 3.05) is 0 Å². The number of nitrogens with one attached hydrogen (secondary N) is 1. The zero-order valence-corrected chi connectivity index (χ0v) is 20.8. The van der Waals surface area contributed by atoms with E-state index in [1.165, 1.54) is 0 Å². The number of rotatable bonds is 4. The maximum atomic E-state index is 12.9. The van der Waals surface area contributed by atoms with Crippen LogP contribution >= 0.6 is 0 Å². The van der Waals surface area contributed by atoms with Crippen LogP contribution in [0, 0.1) is 10.8 Å². The summed E-state index contributed by atoms with van der Waals surface area (Å²) in [7, 11) is 3.65. The highest BCUT2D eigenvalue weighted by molar-refractivity contribution is 5.92. The van der Waals surface area contributed by atoms with Crippen LogP contribution in [0.1, 0.15) is 76.0 Å². The average molecular weight is 453 g/mol. The molecule has 178 valence electrons. The molecule has 1 aliphatic carbocycles. The molecule has 1 amide bonds. The minimum absolute atomic E-state index is 0.00915. The van der Waals surface area contributed by atoms with Gasteiger partial charge in [-0.15, -0.1) is 0 Å². The van der Waals surface area contributed by atoms with Crippen molar-refractivity contribution >= 4 is 17.1 Å². The van der Waals surface area contributed by atoms with Crippen molar-refractivity contribution in [2.45, 2.75) is 72.4 Å². The largest absolute Gasteiger partial charge is 0.347 e. The SMILES string of the molecule is Cn1cnc(C(=O)NC2CC(c3ccc4c(n3)n(C)c(=O)n4CC(C)(C)C)CCC2(C)C)c1. The molecule has 3 aromatic heterocycles. The summed E-state index contributed by atoms with van der Waals surface area (Å²) in [4.78, 5) is 34.8. The van der Waals surface area contributed by atoms with Gasteiger partial charge < -0.3 is 9.88 Å². The minimum Gasteiger partial charge on any atom is -0.347 e. The number of carbonyl (C=O) groups is 1. The van der Waals surface area contributed by atoms with Crippen LogP contribution < -0.4 is 11.0 Å². The van der Waals surface area contributed by atoms with E-state index in [-0.39, 0.29) is 34.4 Å². The third kappa shape index (κ3) is 4.61. The summed E-state index contributed by atoms with van der Waals surface area (Å²) in [5.41, 5.74) is 2.95. The molecular weight excluding hydrogens is 416 g/mol. The third-order valence-electron chi connectivity index (χ3n) is 6.90. The van der Waals surface area contributed by atoms with E-state index < -0.39 is 0 Å². The summed E-state index contributed by atoms with van der Waals surface area (Å²) in [6.07, 6.45) is 6.16. The number of imidazole rings is 2. The first-order valence-corrected chi connectivity index (χ1v) is 11.7. The first kappa shape index (κ1) is 23.3. The summed E-state index contributed by atoms with van der Waals surface area (Å²) in [5, 5.41) is 3.22. The van der Waals surface area contributed by atoms with E-state index in [1.54, 1.807) is 28.7 Å². The van der Waals surface area contributed by atoms with Gasteiger partial charge in [0.15, 0.2) is 5.65 Å². The summed E-state index contributed by atoms with van der Waals surface area (Å²) >= 11 is 0. The first-order valence-electron chi connectivity index (χ1n) is 11.7. The molecule has 3 heterocycles. The highest BCUT2D eigenvalue weighted by Gasteiger charge is 2.38. The van der Waals surface area contributed by atoms with E-state index >= 15 is 0 Å². The molecule has 3 aromatic rings. The van der Waals surface area contributed by atoms with E-state index in [0.717, 1.165) is 36.1 Å². The Balaban J connectivity index is 1.60. The average Bonchev–Trinajstić information content (AvgIpc) is 3.26. The molecule has 2 unspecified atom stereocenters. The molecule has 8 nitrogen and oxygen atoms in total. The van der Waals surface area contributed by atoms with Gasteiger partial charge in [0, 0.05) is 44.5 Å². The van der Waals surface area contributed by atoms with Gasteiger partial charge in [0.2, 0.25) is 0 Å². The maximum absolute atomic E-state index is 12.9. The summed E-state index contributed by atoms with van der Waals surface area (Å²) in [6, 6.07) is 4.10. The zero-order valence-electron chi connectivity index (χ0n) is 20.8. The molecule has 1 saturated carbocycles. The normalized spacial score (nSPS) is 20.8. The Morgan fingerprint density at radius 2 is 1.97 bits per heavy atom. The second-order valence-electron chi connectivity index (χ2n) is 11.5. The van der Waals surface area contributed by atoms with Gasteiger partial charge in [-0.1, -0.05) is 34.6 Å². The molecule has 1 N–H and O–H groups in total. The highest BCUT2D eigenvalue weighted by Crippen LogP contribution is 2.42. The van der Waals surface area contributed by atoms with Crippen LogP contribution in [-0.2, 0) is 20.6 Å². The highest BCUT2D eigenvalue weighted by atomic mass is 16.2. The molecule has 4 rings (SSSR count). The van der Waals surface area contributed by atoms with E-state index in [1.807, 2.05) is 17.7 Å². The Labute approximate surface area is 195 Å². The second-order valence-corrected chi connectivity index (χ2v) is 11.5. The van der Waals surface area contributed by atoms with Crippen molar-refractivity contribution in [1.82, 2.24) is 29.0 Å². The van der Waals surface area contributed by atoms with Crippen LogP contribution in [0.25, 0.3) is 11.2 Å². The van der Waals surface area contributed by atoms with Crippen LogP contribution in [0.4, 0.5) is 0 Å². The molecule has 0 bridgehead atoms. The van der Waals surface area contributed by atoms with E-state index in [4.69, 9.17) is 4.98 Å². The van der Waals surface area contributed by atoms with E-state index in [9.17, 15) is 9.59 Å². The lowest BCUT2D eigenvalue weighted by Gasteiger charge is -2.42. The summed E-state index contributed by atoms with van der Waals surface area (Å²) in [5.74, 6) is 0.0805. The van der Waals surface area contributed by atoms with Crippen LogP contribution in [0.5, 0.6) is 0 Å². The van der Waals surface area contributed by atoms with Gasteiger partial charge in [0.25, 0.3) is 5.91 Å². The van der Waals surface area contributed by atoms with Gasteiger partial charge in [0.05, 0.1) is 11.8 Å². The molecule has 0 spiro atoms. The minimum atomic E-state index is -0.139. The Morgan fingerprint density at radius 1 is 1.24 bits per heavy atom. The van der Waals surface area contributed by atoms with Gasteiger partial charge in [-0.3, -0.25) is 13.9 Å². The molecular formula is C25H36N6O2. The topological polar surface area (TPSA) is 86.7 Å². The van der Waals surface area contributed by atoms with Gasteiger partial charge in [-0.25, -0.2) is 14.8 Å². The molecule has 8 heteroatoms. The summed E-state index contributed by atoms with van der Waals surface area (Å²) in [6.45, 7) is 11.4. The Morgan fingerprint density at radius 3 is 2.61 bits per heavy atom. The number of nitrogens with zero attached hydrogens (tertiary/aromatic N) is 5. The van der Waals surface area contributed by atoms with Gasteiger partial charge in [0.1, 0.15) is 5.69 Å². The van der Waals surface area contributed by atoms with Crippen LogP contribution in [0.2, 0.25) is 0 Å². The number of aryl methyl sites for hydroxylation is 2. The van der Waals surface area contributed by atoms with Crippen molar-refractivity contribution in [1.29, 1.82) is 0 Å². The predicted octanol–water partition coefficient (Wildman–Crippen LogP) is 3.61. The van der Waals surface area contributed by atoms with E-state index in [2.05, 4.69) is 51.0 Å². The van der Waals surface area contributed by atoms with Crippen molar-refractivity contribution in [2.24, 2.45) is 24.9 Å². The Hall–Kier alpha value is -2.90. The lowest BCUT2D eigenvalue weighted by atomic mass is 9.68. The molecule has 1 aliphatic rings. The number of hydrogen-bond acceptors (Lipinski definition) is 4. The molecule has 33 heavy (non-hydrogen) atoms. The maximum Gasteiger partial charge on any atom is 0.330 e. The van der Waals surface area contributed by atoms with Gasteiger partial charge >= 0.3 is 5.69 Å². The molecule has 1 fully saturated rings. The van der Waals surface area contributed by atoms with Crippen LogP contribution in [-0.4, -0.2) is 35.6 Å². The predicted molar refractivity (Wildman–Crippen MR) is 129 cm³/mol. The standard InChI is InChI=1S/C25H36N6O2/c1-24(2,3)14-31-19-9-8-17(27-21(19)30(7)23(31)33)16-10-11-25(4,5)20(12-16)28-22(32)18-13-29(6)15-26-18/h8-9,13,15-16,20H,10-12,14H2,1-7H3,(H,28,32).